The predicted octanol–water partition coefficient (Wildman–Crippen LogP) is 6.68. The lowest BCUT2D eigenvalue weighted by Crippen LogP contribution is -2.51. The molecule has 3 aromatic carbocycles. The van der Waals surface area contributed by atoms with Crippen LogP contribution < -0.4 is 19.9 Å². The van der Waals surface area contributed by atoms with E-state index in [1.807, 2.05) is 60.7 Å². The first-order valence-corrected chi connectivity index (χ1v) is 13.7. The highest BCUT2D eigenvalue weighted by molar-refractivity contribution is 5.80. The van der Waals surface area contributed by atoms with Crippen molar-refractivity contribution in [3.8, 4) is 35.8 Å². The van der Waals surface area contributed by atoms with Gasteiger partial charge in [-0.3, -0.25) is 0 Å². The van der Waals surface area contributed by atoms with Crippen molar-refractivity contribution in [2.24, 2.45) is 11.3 Å². The maximum Gasteiger partial charge on any atom is 0.164 e. The molecule has 0 spiro atoms. The minimum absolute atomic E-state index is 0.0780. The van der Waals surface area contributed by atoms with Crippen molar-refractivity contribution in [1.82, 2.24) is 0 Å². The van der Waals surface area contributed by atoms with E-state index in [1.165, 1.54) is 0 Å². The van der Waals surface area contributed by atoms with Crippen LogP contribution in [0.2, 0.25) is 0 Å². The van der Waals surface area contributed by atoms with Crippen LogP contribution in [0.15, 0.2) is 48.5 Å². The normalized spacial score (nSPS) is 20.8. The number of aliphatic hydroxyl groups excluding tert-OH is 1. The Morgan fingerprint density at radius 3 is 2.15 bits per heavy atom. The van der Waals surface area contributed by atoms with Gasteiger partial charge in [0.05, 0.1) is 25.9 Å². The second-order valence-corrected chi connectivity index (χ2v) is 11.1. The van der Waals surface area contributed by atoms with Crippen molar-refractivity contribution in [2.75, 3.05) is 20.0 Å². The van der Waals surface area contributed by atoms with Crippen molar-refractivity contribution in [3.05, 3.63) is 76.3 Å². The van der Waals surface area contributed by atoms with E-state index in [2.05, 4.69) is 32.8 Å². The zero-order valence-electron chi connectivity index (χ0n) is 24.1. The highest BCUT2D eigenvalue weighted by Crippen LogP contribution is 2.50. The van der Waals surface area contributed by atoms with Gasteiger partial charge >= 0.3 is 0 Å². The summed E-state index contributed by atoms with van der Waals surface area (Å²) in [6.07, 6.45) is 17.8. The summed E-state index contributed by atoms with van der Waals surface area (Å²) in [6, 6.07) is 15.2. The standard InChI is InChI=1S/C33H37NO5.C2H2/c1-33(2)26-19-23-15-21(18-30(38-4)32(23)39-28(26)13-14-31(33)36)5-6-22-16-27(35)25(29(17-22)37-3)12-9-20-7-10-24(34)11-8-20;1-2/h5-12,15-18,26,28,31,35-36H,13-14,19,34H2,1-4H3;1-2H/b6-5+,12-9+;/t26?,28?,31-;/m1./s1. The third kappa shape index (κ3) is 6.21. The summed E-state index contributed by atoms with van der Waals surface area (Å²) in [5.41, 5.74) is 10.7. The molecule has 1 fully saturated rings. The van der Waals surface area contributed by atoms with Gasteiger partial charge in [-0.15, -0.1) is 12.8 Å². The fourth-order valence-electron chi connectivity index (χ4n) is 5.81. The maximum absolute atomic E-state index is 10.8. The van der Waals surface area contributed by atoms with Gasteiger partial charge in [0.2, 0.25) is 0 Å². The Morgan fingerprint density at radius 1 is 0.878 bits per heavy atom. The van der Waals surface area contributed by atoms with E-state index < -0.39 is 0 Å². The van der Waals surface area contributed by atoms with Crippen LogP contribution in [-0.4, -0.2) is 36.6 Å². The monoisotopic (exact) mass is 553 g/mol. The SMILES string of the molecule is C#C.COc1cc(/C=C/c2cc3c(c(OC)c2)OC2CC[C@@H](O)C(C)(C)C2C3)cc(O)c1/C=C/c1ccc(N)cc1. The van der Waals surface area contributed by atoms with Crippen LogP contribution in [-0.2, 0) is 6.42 Å². The molecule has 4 N–H and O–H groups in total. The average molecular weight is 554 g/mol. The molecular formula is C35H39NO5. The molecule has 5 rings (SSSR count). The number of anilines is 1. The summed E-state index contributed by atoms with van der Waals surface area (Å²) in [6.45, 7) is 4.27. The van der Waals surface area contributed by atoms with Gasteiger partial charge < -0.3 is 30.2 Å². The van der Waals surface area contributed by atoms with E-state index in [1.54, 1.807) is 20.3 Å². The smallest absolute Gasteiger partial charge is 0.164 e. The quantitative estimate of drug-likeness (QED) is 0.179. The molecule has 1 aliphatic heterocycles. The molecule has 0 bridgehead atoms. The predicted molar refractivity (Wildman–Crippen MR) is 167 cm³/mol. The molecular weight excluding hydrogens is 514 g/mol. The fraction of sp³-hybridized carbons (Fsp3) is 0.314. The first-order valence-electron chi connectivity index (χ1n) is 13.7. The first-order chi connectivity index (χ1) is 19.7. The summed E-state index contributed by atoms with van der Waals surface area (Å²) in [7, 11) is 3.25. The van der Waals surface area contributed by atoms with E-state index in [0.717, 1.165) is 47.3 Å². The summed E-state index contributed by atoms with van der Waals surface area (Å²) < 4.78 is 17.8. The second-order valence-electron chi connectivity index (χ2n) is 11.1. The molecule has 0 saturated heterocycles. The van der Waals surface area contributed by atoms with Crippen LogP contribution in [0, 0.1) is 24.2 Å². The number of nitrogens with two attached hydrogens (primary N) is 1. The zero-order chi connectivity index (χ0) is 29.7. The lowest BCUT2D eigenvalue weighted by atomic mass is 9.63. The Morgan fingerprint density at radius 2 is 1.49 bits per heavy atom. The molecule has 3 atom stereocenters. The molecule has 1 aliphatic carbocycles. The van der Waals surface area contributed by atoms with E-state index in [-0.39, 0.29) is 29.3 Å². The average Bonchev–Trinajstić information content (AvgIpc) is 2.98. The second kappa shape index (κ2) is 12.4. The van der Waals surface area contributed by atoms with Crippen molar-refractivity contribution < 1.29 is 24.4 Å². The Kier molecular flexibility index (Phi) is 9.00. The summed E-state index contributed by atoms with van der Waals surface area (Å²) in [5.74, 6) is 2.44. The van der Waals surface area contributed by atoms with Crippen LogP contribution in [0.1, 0.15) is 54.5 Å². The van der Waals surface area contributed by atoms with E-state index >= 15 is 0 Å². The minimum Gasteiger partial charge on any atom is -0.507 e. The largest absolute Gasteiger partial charge is 0.507 e. The Balaban J connectivity index is 0.00000189. The number of hydrogen-bond donors (Lipinski definition) is 3. The number of aliphatic hydroxyl groups is 1. The van der Waals surface area contributed by atoms with Crippen molar-refractivity contribution >= 4 is 30.0 Å². The van der Waals surface area contributed by atoms with Crippen LogP contribution >= 0.6 is 0 Å². The summed E-state index contributed by atoms with van der Waals surface area (Å²) >= 11 is 0. The zero-order valence-corrected chi connectivity index (χ0v) is 24.1. The molecule has 41 heavy (non-hydrogen) atoms. The van der Waals surface area contributed by atoms with Gasteiger partial charge in [-0.25, -0.2) is 0 Å². The molecule has 1 heterocycles. The van der Waals surface area contributed by atoms with Gasteiger partial charge in [-0.1, -0.05) is 44.2 Å². The van der Waals surface area contributed by atoms with Crippen molar-refractivity contribution in [3.63, 3.8) is 0 Å². The summed E-state index contributed by atoms with van der Waals surface area (Å²) in [5, 5.41) is 21.4. The molecule has 2 unspecified atom stereocenters. The lowest BCUT2D eigenvalue weighted by Gasteiger charge is -2.49. The van der Waals surface area contributed by atoms with E-state index in [4.69, 9.17) is 19.9 Å². The number of ether oxygens (including phenoxy) is 3. The highest BCUT2D eigenvalue weighted by atomic mass is 16.5. The van der Waals surface area contributed by atoms with Crippen molar-refractivity contribution in [2.45, 2.75) is 45.3 Å². The fourth-order valence-corrected chi connectivity index (χ4v) is 5.81. The Labute approximate surface area is 243 Å². The van der Waals surface area contributed by atoms with Crippen molar-refractivity contribution in [1.29, 1.82) is 0 Å². The van der Waals surface area contributed by atoms with Gasteiger partial charge in [-0.05, 0) is 89.4 Å². The Hall–Kier alpha value is -4.34. The topological polar surface area (TPSA) is 94.2 Å². The first kappa shape index (κ1) is 29.6. The van der Waals surface area contributed by atoms with Gasteiger partial charge in [0.25, 0.3) is 0 Å². The van der Waals surface area contributed by atoms with Crippen LogP contribution in [0.3, 0.4) is 0 Å². The molecule has 1 saturated carbocycles. The molecule has 6 nitrogen and oxygen atoms in total. The molecule has 0 radical (unpaired) electrons. The molecule has 0 amide bonds. The van der Waals surface area contributed by atoms with Gasteiger partial charge in [0.1, 0.15) is 17.6 Å². The number of nitrogen functional groups attached to an aromatic ring is 1. The number of phenols is 1. The Bertz CT molecular complexity index is 1450. The highest BCUT2D eigenvalue weighted by Gasteiger charge is 2.48. The molecule has 3 aromatic rings. The third-order valence-corrected chi connectivity index (χ3v) is 8.28. The molecule has 2 aliphatic rings. The third-order valence-electron chi connectivity index (χ3n) is 8.28. The number of rotatable bonds is 6. The van der Waals surface area contributed by atoms with Gasteiger partial charge in [0.15, 0.2) is 11.5 Å². The van der Waals surface area contributed by atoms with Crippen LogP contribution in [0.5, 0.6) is 23.0 Å². The number of hydrogen-bond acceptors (Lipinski definition) is 6. The lowest BCUT2D eigenvalue weighted by molar-refractivity contribution is -0.0895. The minimum atomic E-state index is -0.333. The molecule has 0 aromatic heterocycles. The van der Waals surface area contributed by atoms with Crippen LogP contribution in [0.4, 0.5) is 5.69 Å². The number of aromatic hydroxyl groups is 1. The molecule has 6 heteroatoms. The number of methoxy groups -OCH3 is 2. The number of benzene rings is 3. The van der Waals surface area contributed by atoms with E-state index in [9.17, 15) is 10.2 Å². The maximum atomic E-state index is 10.8. The number of phenolic OH excluding ortho intramolecular Hbond substituents is 1. The number of fused-ring (bicyclic) bond motifs is 2. The molecule has 214 valence electrons. The van der Waals surface area contributed by atoms with Gasteiger partial charge in [-0.2, -0.15) is 0 Å². The van der Waals surface area contributed by atoms with E-state index in [0.29, 0.717) is 22.7 Å². The number of terminal acetylenes is 1. The van der Waals surface area contributed by atoms with Gasteiger partial charge in [0, 0.05) is 11.6 Å². The van der Waals surface area contributed by atoms with Crippen LogP contribution in [0.25, 0.3) is 24.3 Å². The summed E-state index contributed by atoms with van der Waals surface area (Å²) in [4.78, 5) is 0.